The van der Waals surface area contributed by atoms with Gasteiger partial charge in [-0.15, -0.1) is 11.6 Å². The van der Waals surface area contributed by atoms with Crippen LogP contribution in [-0.4, -0.2) is 19.8 Å². The summed E-state index contributed by atoms with van der Waals surface area (Å²) in [6, 6.07) is 5.84. The van der Waals surface area contributed by atoms with Crippen molar-refractivity contribution in [1.82, 2.24) is 0 Å². The molecule has 1 heterocycles. The molecule has 0 spiro atoms. The van der Waals surface area contributed by atoms with E-state index in [4.69, 9.17) is 21.1 Å². The zero-order valence-corrected chi connectivity index (χ0v) is 11.4. The summed E-state index contributed by atoms with van der Waals surface area (Å²) in [6.07, 6.45) is 2.26. The number of halogens is 2. The summed E-state index contributed by atoms with van der Waals surface area (Å²) in [4.78, 5) is 0. The largest absolute Gasteiger partial charge is 0.497 e. The summed E-state index contributed by atoms with van der Waals surface area (Å²) in [7, 11) is 1.65. The lowest BCUT2D eigenvalue weighted by Crippen LogP contribution is -2.13. The van der Waals surface area contributed by atoms with Crippen molar-refractivity contribution in [3.8, 4) is 5.75 Å². The van der Waals surface area contributed by atoms with Crippen molar-refractivity contribution in [3.63, 3.8) is 0 Å². The van der Waals surface area contributed by atoms with Crippen LogP contribution in [0.4, 0.5) is 0 Å². The van der Waals surface area contributed by atoms with Gasteiger partial charge in [-0.2, -0.15) is 0 Å². The number of methoxy groups -OCH3 is 1. The highest BCUT2D eigenvalue weighted by molar-refractivity contribution is 9.10. The Bertz CT molecular complexity index is 364. The number of benzene rings is 1. The summed E-state index contributed by atoms with van der Waals surface area (Å²) in [5.41, 5.74) is 1.06. The van der Waals surface area contributed by atoms with Gasteiger partial charge in [-0.25, -0.2) is 0 Å². The molecule has 0 N–H and O–H groups in total. The van der Waals surface area contributed by atoms with Crippen molar-refractivity contribution >= 4 is 27.5 Å². The molecule has 0 radical (unpaired) electrons. The Morgan fingerprint density at radius 3 is 2.94 bits per heavy atom. The summed E-state index contributed by atoms with van der Waals surface area (Å²) in [5, 5.41) is -0.0946. The van der Waals surface area contributed by atoms with Crippen LogP contribution in [-0.2, 0) is 4.74 Å². The monoisotopic (exact) mass is 304 g/mol. The minimum absolute atomic E-state index is 0.0946. The minimum atomic E-state index is -0.0946. The van der Waals surface area contributed by atoms with Crippen molar-refractivity contribution < 1.29 is 9.47 Å². The maximum atomic E-state index is 6.42. The molecule has 2 nitrogen and oxygen atoms in total. The molecule has 1 fully saturated rings. The topological polar surface area (TPSA) is 18.5 Å². The highest BCUT2D eigenvalue weighted by Crippen LogP contribution is 2.37. The highest BCUT2D eigenvalue weighted by Gasteiger charge is 2.26. The fraction of sp³-hybridized carbons (Fsp3) is 0.500. The molecule has 1 aliphatic heterocycles. The first-order chi connectivity index (χ1) is 7.72. The predicted molar refractivity (Wildman–Crippen MR) is 68.3 cm³/mol. The van der Waals surface area contributed by atoms with Crippen molar-refractivity contribution in [1.29, 1.82) is 0 Å². The summed E-state index contributed by atoms with van der Waals surface area (Å²) < 4.78 is 11.7. The molecule has 2 unspecified atom stereocenters. The van der Waals surface area contributed by atoms with Crippen molar-refractivity contribution in [2.75, 3.05) is 13.7 Å². The molecule has 0 aromatic heterocycles. The number of hydrogen-bond donors (Lipinski definition) is 0. The second-order valence-corrected chi connectivity index (χ2v) is 5.17. The molecule has 0 saturated carbocycles. The number of rotatable bonds is 3. The summed E-state index contributed by atoms with van der Waals surface area (Å²) in [5.74, 6) is 0.826. The van der Waals surface area contributed by atoms with Gasteiger partial charge < -0.3 is 9.47 Å². The van der Waals surface area contributed by atoms with Gasteiger partial charge in [0.15, 0.2) is 0 Å². The van der Waals surface area contributed by atoms with Crippen LogP contribution in [0.2, 0.25) is 0 Å². The Morgan fingerprint density at radius 1 is 1.56 bits per heavy atom. The van der Waals surface area contributed by atoms with E-state index in [0.717, 1.165) is 35.2 Å². The van der Waals surface area contributed by atoms with E-state index in [1.54, 1.807) is 7.11 Å². The van der Waals surface area contributed by atoms with Crippen LogP contribution in [0.5, 0.6) is 5.75 Å². The molecule has 88 valence electrons. The van der Waals surface area contributed by atoms with Gasteiger partial charge in [0, 0.05) is 11.1 Å². The fourth-order valence-corrected chi connectivity index (χ4v) is 3.02. The van der Waals surface area contributed by atoms with Crippen molar-refractivity contribution in [3.05, 3.63) is 28.2 Å². The lowest BCUT2D eigenvalue weighted by Gasteiger charge is -2.18. The molecular weight excluding hydrogens is 291 g/mol. The van der Waals surface area contributed by atoms with E-state index in [9.17, 15) is 0 Å². The molecule has 2 rings (SSSR count). The molecule has 1 aromatic carbocycles. The average Bonchev–Trinajstić information content (AvgIpc) is 2.81. The molecule has 1 aromatic rings. The average molecular weight is 306 g/mol. The molecule has 0 amide bonds. The molecule has 16 heavy (non-hydrogen) atoms. The number of hydrogen-bond acceptors (Lipinski definition) is 2. The van der Waals surface area contributed by atoms with E-state index in [2.05, 4.69) is 15.9 Å². The molecule has 0 aliphatic carbocycles. The Kier molecular flexibility index (Phi) is 4.11. The predicted octanol–water partition coefficient (Wildman–Crippen LogP) is 3.92. The molecule has 1 saturated heterocycles. The third-order valence-electron chi connectivity index (χ3n) is 2.80. The number of alkyl halides is 1. The van der Waals surface area contributed by atoms with Crippen LogP contribution in [0.25, 0.3) is 0 Å². The summed E-state index contributed by atoms with van der Waals surface area (Å²) >= 11 is 9.93. The normalized spacial score (nSPS) is 22.1. The van der Waals surface area contributed by atoms with Crippen LogP contribution in [0, 0.1) is 0 Å². The second kappa shape index (κ2) is 5.39. The SMILES string of the molecule is COc1ccc(C(Cl)C2CCCO2)c(Br)c1. The maximum absolute atomic E-state index is 6.42. The first kappa shape index (κ1) is 12.2. The highest BCUT2D eigenvalue weighted by atomic mass is 79.9. The first-order valence-corrected chi connectivity index (χ1v) is 6.54. The van der Waals surface area contributed by atoms with Gasteiger partial charge in [-0.3, -0.25) is 0 Å². The van der Waals surface area contributed by atoms with Gasteiger partial charge in [-0.05, 0) is 30.5 Å². The molecule has 4 heteroatoms. The Morgan fingerprint density at radius 2 is 2.38 bits per heavy atom. The molecule has 2 atom stereocenters. The molecular formula is C12H14BrClO2. The Balaban J connectivity index is 2.19. The zero-order chi connectivity index (χ0) is 11.5. The maximum Gasteiger partial charge on any atom is 0.120 e. The smallest absolute Gasteiger partial charge is 0.120 e. The van der Waals surface area contributed by atoms with Crippen LogP contribution >= 0.6 is 27.5 Å². The van der Waals surface area contributed by atoms with Crippen LogP contribution < -0.4 is 4.74 Å². The van der Waals surface area contributed by atoms with E-state index in [0.29, 0.717) is 0 Å². The minimum Gasteiger partial charge on any atom is -0.497 e. The number of ether oxygens (including phenoxy) is 2. The van der Waals surface area contributed by atoms with Gasteiger partial charge in [0.2, 0.25) is 0 Å². The molecule has 1 aliphatic rings. The standard InChI is InChI=1S/C12H14BrClO2/c1-15-8-4-5-9(10(13)7-8)12(14)11-3-2-6-16-11/h4-5,7,11-12H,2-3,6H2,1H3. The van der Waals surface area contributed by atoms with Crippen LogP contribution in [0.3, 0.4) is 0 Å². The van der Waals surface area contributed by atoms with Crippen LogP contribution in [0.15, 0.2) is 22.7 Å². The van der Waals surface area contributed by atoms with Crippen molar-refractivity contribution in [2.45, 2.75) is 24.3 Å². The Labute approximate surface area is 109 Å². The second-order valence-electron chi connectivity index (χ2n) is 3.84. The first-order valence-electron chi connectivity index (χ1n) is 5.31. The van der Waals surface area contributed by atoms with E-state index in [1.807, 2.05) is 18.2 Å². The lowest BCUT2D eigenvalue weighted by molar-refractivity contribution is 0.107. The van der Waals surface area contributed by atoms with E-state index in [1.165, 1.54) is 0 Å². The third-order valence-corrected chi connectivity index (χ3v) is 4.00. The quantitative estimate of drug-likeness (QED) is 0.788. The van der Waals surface area contributed by atoms with E-state index >= 15 is 0 Å². The van der Waals surface area contributed by atoms with Gasteiger partial charge >= 0.3 is 0 Å². The Hall–Kier alpha value is -0.250. The van der Waals surface area contributed by atoms with E-state index < -0.39 is 0 Å². The van der Waals surface area contributed by atoms with Crippen molar-refractivity contribution in [2.24, 2.45) is 0 Å². The van der Waals surface area contributed by atoms with Gasteiger partial charge in [0.25, 0.3) is 0 Å². The zero-order valence-electron chi connectivity index (χ0n) is 9.08. The summed E-state index contributed by atoms with van der Waals surface area (Å²) in [6.45, 7) is 0.821. The molecule has 0 bridgehead atoms. The lowest BCUT2D eigenvalue weighted by atomic mass is 10.1. The third kappa shape index (κ3) is 2.53. The van der Waals surface area contributed by atoms with Gasteiger partial charge in [0.1, 0.15) is 5.75 Å². The van der Waals surface area contributed by atoms with Crippen LogP contribution in [0.1, 0.15) is 23.8 Å². The van der Waals surface area contributed by atoms with Gasteiger partial charge in [0.05, 0.1) is 18.6 Å². The van der Waals surface area contributed by atoms with E-state index in [-0.39, 0.29) is 11.5 Å². The van der Waals surface area contributed by atoms with Gasteiger partial charge in [-0.1, -0.05) is 22.0 Å². The fourth-order valence-electron chi connectivity index (χ4n) is 1.89.